The number of amides is 2. The Morgan fingerprint density at radius 1 is 1.25 bits per heavy atom. The molecule has 0 aromatic heterocycles. The van der Waals surface area contributed by atoms with Crippen LogP contribution in [0.4, 0.5) is 11.4 Å². The molecule has 0 spiro atoms. The standard InChI is InChI=1S/C22H24ClN3O6/c1-24(2)21(27)13-32-19-5-4-10-25(18-9-6-14(23)11-17(18)19)22(28)16-8-7-15(26(29)30)12-20(16)31-3/h6-9,11-12,19H,4-5,10,13H2,1-3H3. The quantitative estimate of drug-likeness (QED) is 0.478. The van der Waals surface area contributed by atoms with Crippen molar-refractivity contribution < 1.29 is 24.0 Å². The first kappa shape index (κ1) is 23.5. The number of rotatable bonds is 6. The Labute approximate surface area is 190 Å². The lowest BCUT2D eigenvalue weighted by Gasteiger charge is -2.25. The molecule has 1 heterocycles. The lowest BCUT2D eigenvalue weighted by Crippen LogP contribution is -2.32. The average molecular weight is 462 g/mol. The lowest BCUT2D eigenvalue weighted by molar-refractivity contribution is -0.384. The zero-order valence-corrected chi connectivity index (χ0v) is 18.8. The van der Waals surface area contributed by atoms with Gasteiger partial charge in [0, 0.05) is 43.0 Å². The molecule has 2 aromatic carbocycles. The topological polar surface area (TPSA) is 102 Å². The van der Waals surface area contributed by atoms with Crippen LogP contribution in [0, 0.1) is 10.1 Å². The van der Waals surface area contributed by atoms with Gasteiger partial charge in [0.2, 0.25) is 5.91 Å². The zero-order chi connectivity index (χ0) is 23.4. The Kier molecular flexibility index (Phi) is 7.32. The second-order valence-electron chi connectivity index (χ2n) is 7.53. The third kappa shape index (κ3) is 5.00. The molecule has 1 aliphatic heterocycles. The minimum atomic E-state index is -0.545. The summed E-state index contributed by atoms with van der Waals surface area (Å²) in [6.45, 7) is 0.308. The summed E-state index contributed by atoms with van der Waals surface area (Å²) in [5, 5.41) is 11.6. The Bertz CT molecular complexity index is 1040. The summed E-state index contributed by atoms with van der Waals surface area (Å²) in [5.41, 5.74) is 1.36. The van der Waals surface area contributed by atoms with E-state index >= 15 is 0 Å². The molecular weight excluding hydrogens is 438 g/mol. The Balaban J connectivity index is 1.97. The van der Waals surface area contributed by atoms with Crippen molar-refractivity contribution in [1.29, 1.82) is 0 Å². The Morgan fingerprint density at radius 3 is 2.66 bits per heavy atom. The van der Waals surface area contributed by atoms with Crippen molar-refractivity contribution in [3.05, 3.63) is 62.7 Å². The number of ether oxygens (including phenoxy) is 2. The van der Waals surface area contributed by atoms with E-state index in [0.29, 0.717) is 35.7 Å². The van der Waals surface area contributed by atoms with Crippen molar-refractivity contribution in [2.24, 2.45) is 0 Å². The molecule has 0 fully saturated rings. The molecule has 0 N–H and O–H groups in total. The molecule has 10 heteroatoms. The highest BCUT2D eigenvalue weighted by Gasteiger charge is 2.30. The molecule has 2 aromatic rings. The van der Waals surface area contributed by atoms with E-state index < -0.39 is 11.0 Å². The lowest BCUT2D eigenvalue weighted by atomic mass is 10.0. The van der Waals surface area contributed by atoms with Gasteiger partial charge in [0.25, 0.3) is 11.6 Å². The molecule has 9 nitrogen and oxygen atoms in total. The molecule has 1 aliphatic rings. The molecule has 1 unspecified atom stereocenters. The maximum atomic E-state index is 13.5. The van der Waals surface area contributed by atoms with E-state index in [0.717, 1.165) is 0 Å². The second kappa shape index (κ2) is 9.97. The fraction of sp³-hybridized carbons (Fsp3) is 0.364. The maximum Gasteiger partial charge on any atom is 0.273 e. The van der Waals surface area contributed by atoms with Crippen LogP contribution in [0.15, 0.2) is 36.4 Å². The number of nitro benzene ring substituents is 1. The van der Waals surface area contributed by atoms with E-state index in [1.54, 1.807) is 37.2 Å². The number of likely N-dealkylation sites (N-methyl/N-ethyl adjacent to an activating group) is 1. The van der Waals surface area contributed by atoms with Crippen molar-refractivity contribution in [2.45, 2.75) is 18.9 Å². The number of halogens is 1. The van der Waals surface area contributed by atoms with Crippen LogP contribution in [0.5, 0.6) is 5.75 Å². The summed E-state index contributed by atoms with van der Waals surface area (Å²) in [6.07, 6.45) is 0.799. The van der Waals surface area contributed by atoms with Crippen LogP contribution >= 0.6 is 11.6 Å². The van der Waals surface area contributed by atoms with Gasteiger partial charge < -0.3 is 19.3 Å². The van der Waals surface area contributed by atoms with Gasteiger partial charge in [0.05, 0.1) is 29.8 Å². The molecule has 3 rings (SSSR count). The number of nitrogens with zero attached hydrogens (tertiary/aromatic N) is 3. The Morgan fingerprint density at radius 2 is 2.00 bits per heavy atom. The highest BCUT2D eigenvalue weighted by atomic mass is 35.5. The van der Waals surface area contributed by atoms with Gasteiger partial charge in [-0.05, 0) is 37.1 Å². The van der Waals surface area contributed by atoms with Crippen molar-refractivity contribution in [1.82, 2.24) is 4.90 Å². The number of benzene rings is 2. The molecule has 0 radical (unpaired) electrons. The number of hydrogen-bond acceptors (Lipinski definition) is 6. The SMILES string of the molecule is COc1cc([N+](=O)[O-])ccc1C(=O)N1CCCC(OCC(=O)N(C)C)c2cc(Cl)ccc21. The van der Waals surface area contributed by atoms with Crippen LogP contribution in [0.1, 0.15) is 34.9 Å². The van der Waals surface area contributed by atoms with Crippen molar-refractivity contribution in [2.75, 3.05) is 39.3 Å². The normalized spacial score (nSPS) is 15.5. The minimum absolute atomic E-state index is 0.0895. The molecule has 0 saturated heterocycles. The van der Waals surface area contributed by atoms with Crippen molar-refractivity contribution >= 4 is 34.8 Å². The monoisotopic (exact) mass is 461 g/mol. The van der Waals surface area contributed by atoms with Gasteiger partial charge in [-0.1, -0.05) is 11.6 Å². The van der Waals surface area contributed by atoms with Gasteiger partial charge in [0.1, 0.15) is 12.4 Å². The van der Waals surface area contributed by atoms with E-state index in [4.69, 9.17) is 21.1 Å². The number of hydrogen-bond donors (Lipinski definition) is 0. The first-order valence-corrected chi connectivity index (χ1v) is 10.4. The fourth-order valence-corrected chi connectivity index (χ4v) is 3.72. The van der Waals surface area contributed by atoms with Gasteiger partial charge >= 0.3 is 0 Å². The smallest absolute Gasteiger partial charge is 0.273 e. The van der Waals surface area contributed by atoms with Crippen molar-refractivity contribution in [3.63, 3.8) is 0 Å². The average Bonchev–Trinajstić information content (AvgIpc) is 2.95. The van der Waals surface area contributed by atoms with E-state index in [2.05, 4.69) is 0 Å². The second-order valence-corrected chi connectivity index (χ2v) is 7.97. The molecule has 0 saturated carbocycles. The zero-order valence-electron chi connectivity index (χ0n) is 18.0. The van der Waals surface area contributed by atoms with Crippen LogP contribution in [-0.4, -0.2) is 56.0 Å². The first-order chi connectivity index (χ1) is 15.2. The number of nitro groups is 1. The molecular formula is C22H24ClN3O6. The van der Waals surface area contributed by atoms with Gasteiger partial charge in [-0.3, -0.25) is 19.7 Å². The number of methoxy groups -OCH3 is 1. The number of carbonyl (C=O) groups excluding carboxylic acids is 2. The van der Waals surface area contributed by atoms with Crippen LogP contribution < -0.4 is 9.64 Å². The van der Waals surface area contributed by atoms with E-state index in [-0.39, 0.29) is 35.4 Å². The third-order valence-corrected chi connectivity index (χ3v) is 5.49. The highest BCUT2D eigenvalue weighted by Crippen LogP contribution is 2.38. The summed E-state index contributed by atoms with van der Waals surface area (Å²) in [4.78, 5) is 39.0. The summed E-state index contributed by atoms with van der Waals surface area (Å²) in [6, 6.07) is 9.05. The summed E-state index contributed by atoms with van der Waals surface area (Å²) >= 11 is 6.23. The van der Waals surface area contributed by atoms with Gasteiger partial charge in [0.15, 0.2) is 0 Å². The van der Waals surface area contributed by atoms with Crippen LogP contribution in [0.25, 0.3) is 0 Å². The van der Waals surface area contributed by atoms with Crippen LogP contribution in [0.2, 0.25) is 5.02 Å². The van der Waals surface area contributed by atoms with Gasteiger partial charge in [-0.25, -0.2) is 0 Å². The largest absolute Gasteiger partial charge is 0.496 e. The van der Waals surface area contributed by atoms with E-state index in [1.165, 1.54) is 30.2 Å². The first-order valence-electron chi connectivity index (χ1n) is 9.98. The van der Waals surface area contributed by atoms with E-state index in [1.807, 2.05) is 0 Å². The minimum Gasteiger partial charge on any atom is -0.496 e. The highest BCUT2D eigenvalue weighted by molar-refractivity contribution is 6.30. The molecule has 32 heavy (non-hydrogen) atoms. The van der Waals surface area contributed by atoms with Crippen LogP contribution in [0.3, 0.4) is 0 Å². The summed E-state index contributed by atoms with van der Waals surface area (Å²) in [7, 11) is 4.67. The predicted molar refractivity (Wildman–Crippen MR) is 119 cm³/mol. The van der Waals surface area contributed by atoms with Crippen LogP contribution in [-0.2, 0) is 9.53 Å². The van der Waals surface area contributed by atoms with Crippen molar-refractivity contribution in [3.8, 4) is 5.75 Å². The fourth-order valence-electron chi connectivity index (χ4n) is 3.54. The van der Waals surface area contributed by atoms with Gasteiger partial charge in [-0.2, -0.15) is 0 Å². The van der Waals surface area contributed by atoms with Gasteiger partial charge in [-0.15, -0.1) is 0 Å². The number of non-ortho nitro benzene ring substituents is 1. The molecule has 170 valence electrons. The molecule has 2 amide bonds. The number of anilines is 1. The predicted octanol–water partition coefficient (Wildman–Crippen LogP) is 3.84. The number of carbonyl (C=O) groups is 2. The number of fused-ring (bicyclic) bond motifs is 1. The molecule has 0 aliphatic carbocycles. The molecule has 1 atom stereocenters. The summed E-state index contributed by atoms with van der Waals surface area (Å²) < 4.78 is 11.2. The summed E-state index contributed by atoms with van der Waals surface area (Å²) in [5.74, 6) is -0.403. The maximum absolute atomic E-state index is 13.5. The van der Waals surface area contributed by atoms with E-state index in [9.17, 15) is 19.7 Å². The Hall–Kier alpha value is -3.17. The molecule has 0 bridgehead atoms. The third-order valence-electron chi connectivity index (χ3n) is 5.25.